The summed E-state index contributed by atoms with van der Waals surface area (Å²) in [6.07, 6.45) is 2.41. The van der Waals surface area contributed by atoms with E-state index in [2.05, 4.69) is 23.7 Å². The molecule has 0 saturated heterocycles. The van der Waals surface area contributed by atoms with Gasteiger partial charge < -0.3 is 4.52 Å². The zero-order chi connectivity index (χ0) is 14.6. The first-order valence-electron chi connectivity index (χ1n) is 6.45. The van der Waals surface area contributed by atoms with Crippen LogP contribution < -0.4 is 4.72 Å². The number of nitrogens with one attached hydrogen (secondary N) is 1. The van der Waals surface area contributed by atoms with Crippen LogP contribution in [0.15, 0.2) is 45.9 Å². The molecule has 0 aliphatic rings. The van der Waals surface area contributed by atoms with Gasteiger partial charge in [0, 0.05) is 6.07 Å². The van der Waals surface area contributed by atoms with Gasteiger partial charge in [-0.05, 0) is 30.0 Å². The summed E-state index contributed by atoms with van der Waals surface area (Å²) in [6.45, 7) is 4.35. The Balaban J connectivity index is 2.05. The van der Waals surface area contributed by atoms with Crippen LogP contribution in [0, 0.1) is 5.92 Å². The third kappa shape index (κ3) is 3.91. The monoisotopic (exact) mass is 294 g/mol. The van der Waals surface area contributed by atoms with Gasteiger partial charge in [0.1, 0.15) is 0 Å². The normalized spacial score (nSPS) is 11.9. The van der Waals surface area contributed by atoms with Gasteiger partial charge in [-0.2, -0.15) is 0 Å². The number of hydrogen-bond donors (Lipinski definition) is 1. The van der Waals surface area contributed by atoms with Crippen molar-refractivity contribution in [3.63, 3.8) is 0 Å². The van der Waals surface area contributed by atoms with Crippen LogP contribution in [0.25, 0.3) is 0 Å². The van der Waals surface area contributed by atoms with Crippen molar-refractivity contribution >= 4 is 10.0 Å². The first kappa shape index (κ1) is 14.7. The number of benzene rings is 1. The minimum absolute atomic E-state index is 0.0933. The summed E-state index contributed by atoms with van der Waals surface area (Å²) in [5, 5.41) is 3.52. The molecule has 0 saturated carbocycles. The second kappa shape index (κ2) is 6.19. The maximum absolute atomic E-state index is 12.1. The highest BCUT2D eigenvalue weighted by Gasteiger charge is 2.14. The largest absolute Gasteiger partial charge is 0.360 e. The van der Waals surface area contributed by atoms with Gasteiger partial charge in [0.05, 0.1) is 17.6 Å². The average Bonchev–Trinajstić information content (AvgIpc) is 2.89. The van der Waals surface area contributed by atoms with Gasteiger partial charge in [-0.25, -0.2) is 13.1 Å². The van der Waals surface area contributed by atoms with Crippen molar-refractivity contribution < 1.29 is 12.9 Å². The second-order valence-electron chi connectivity index (χ2n) is 5.05. The highest BCUT2D eigenvalue weighted by Crippen LogP contribution is 2.14. The van der Waals surface area contributed by atoms with Gasteiger partial charge >= 0.3 is 0 Å². The summed E-state index contributed by atoms with van der Waals surface area (Å²) in [5.41, 5.74) is 1.13. The van der Waals surface area contributed by atoms with Crippen LogP contribution in [0.3, 0.4) is 0 Å². The third-order valence-electron chi connectivity index (χ3n) is 2.81. The fourth-order valence-corrected chi connectivity index (χ4v) is 2.85. The molecule has 20 heavy (non-hydrogen) atoms. The molecule has 0 atom stereocenters. The summed E-state index contributed by atoms with van der Waals surface area (Å²) in [5.74, 6) is 1.02. The molecule has 2 aromatic rings. The maximum Gasteiger partial charge on any atom is 0.240 e. The second-order valence-corrected chi connectivity index (χ2v) is 6.81. The van der Waals surface area contributed by atoms with Crippen molar-refractivity contribution in [2.45, 2.75) is 31.7 Å². The Morgan fingerprint density at radius 2 is 1.90 bits per heavy atom. The molecule has 108 valence electrons. The highest BCUT2D eigenvalue weighted by atomic mass is 32.2. The lowest BCUT2D eigenvalue weighted by molar-refractivity contribution is 0.380. The zero-order valence-corrected chi connectivity index (χ0v) is 12.4. The molecule has 0 bridgehead atoms. The van der Waals surface area contributed by atoms with Crippen LogP contribution in [0.4, 0.5) is 0 Å². The van der Waals surface area contributed by atoms with Crippen LogP contribution in [0.5, 0.6) is 0 Å². The quantitative estimate of drug-likeness (QED) is 0.887. The molecule has 2 rings (SSSR count). The molecule has 0 amide bonds. The smallest absolute Gasteiger partial charge is 0.240 e. The van der Waals surface area contributed by atoms with Crippen LogP contribution in [-0.4, -0.2) is 13.6 Å². The molecule has 0 unspecified atom stereocenters. The van der Waals surface area contributed by atoms with E-state index < -0.39 is 10.0 Å². The van der Waals surface area contributed by atoms with Gasteiger partial charge in [0.25, 0.3) is 0 Å². The third-order valence-corrected chi connectivity index (χ3v) is 4.22. The van der Waals surface area contributed by atoms with Crippen LogP contribution in [-0.2, 0) is 23.0 Å². The lowest BCUT2D eigenvalue weighted by Crippen LogP contribution is -2.23. The molecule has 1 heterocycles. The summed E-state index contributed by atoms with van der Waals surface area (Å²) in [6, 6.07) is 8.57. The van der Waals surface area contributed by atoms with Gasteiger partial charge in [-0.3, -0.25) is 0 Å². The molecular formula is C14H18N2O3S. The number of aromatic nitrogens is 1. The molecule has 1 N–H and O–H groups in total. The standard InChI is InChI=1S/C14H18N2O3S/c1-11(2)9-12-3-5-14(6-4-12)20(17,18)16-10-13-7-8-15-19-13/h3-8,11,16H,9-10H2,1-2H3. The Bertz CT molecular complexity index is 632. The van der Waals surface area contributed by atoms with Gasteiger partial charge in [-0.1, -0.05) is 31.1 Å². The maximum atomic E-state index is 12.1. The number of hydrogen-bond acceptors (Lipinski definition) is 4. The van der Waals surface area contributed by atoms with E-state index in [4.69, 9.17) is 4.52 Å². The molecule has 1 aromatic carbocycles. The van der Waals surface area contributed by atoms with E-state index in [1.54, 1.807) is 18.2 Å². The number of rotatable bonds is 6. The zero-order valence-electron chi connectivity index (χ0n) is 11.5. The van der Waals surface area contributed by atoms with Crippen molar-refractivity contribution in [2.24, 2.45) is 5.92 Å². The lowest BCUT2D eigenvalue weighted by Gasteiger charge is -2.08. The van der Waals surface area contributed by atoms with Gasteiger partial charge in [0.2, 0.25) is 10.0 Å². The predicted molar refractivity (Wildman–Crippen MR) is 75.5 cm³/mol. The summed E-state index contributed by atoms with van der Waals surface area (Å²) in [7, 11) is -3.52. The predicted octanol–water partition coefficient (Wildman–Crippen LogP) is 2.35. The van der Waals surface area contributed by atoms with E-state index in [0.717, 1.165) is 12.0 Å². The lowest BCUT2D eigenvalue weighted by atomic mass is 10.0. The van der Waals surface area contributed by atoms with Crippen LogP contribution >= 0.6 is 0 Å². The Hall–Kier alpha value is -1.66. The van der Waals surface area contributed by atoms with Crippen LogP contribution in [0.1, 0.15) is 25.2 Å². The Morgan fingerprint density at radius 3 is 2.45 bits per heavy atom. The summed E-state index contributed by atoms with van der Waals surface area (Å²) < 4.78 is 31.5. The summed E-state index contributed by atoms with van der Waals surface area (Å²) in [4.78, 5) is 0.254. The van der Waals surface area contributed by atoms with E-state index in [1.807, 2.05) is 12.1 Å². The van der Waals surface area contributed by atoms with E-state index in [9.17, 15) is 8.42 Å². The first-order valence-corrected chi connectivity index (χ1v) is 7.94. The average molecular weight is 294 g/mol. The minimum Gasteiger partial charge on any atom is -0.360 e. The van der Waals surface area contributed by atoms with Crippen molar-refractivity contribution in [1.82, 2.24) is 9.88 Å². The number of nitrogens with zero attached hydrogens (tertiary/aromatic N) is 1. The van der Waals surface area contributed by atoms with E-state index in [1.165, 1.54) is 6.20 Å². The van der Waals surface area contributed by atoms with Crippen molar-refractivity contribution in [3.8, 4) is 0 Å². The highest BCUT2D eigenvalue weighted by molar-refractivity contribution is 7.89. The summed E-state index contributed by atoms with van der Waals surface area (Å²) >= 11 is 0. The van der Waals surface area contributed by atoms with Crippen molar-refractivity contribution in [1.29, 1.82) is 0 Å². The topological polar surface area (TPSA) is 72.2 Å². The molecule has 6 heteroatoms. The SMILES string of the molecule is CC(C)Cc1ccc(S(=O)(=O)NCc2ccno2)cc1. The molecule has 0 fully saturated rings. The molecule has 1 aromatic heterocycles. The number of sulfonamides is 1. The molecule has 0 radical (unpaired) electrons. The van der Waals surface area contributed by atoms with Crippen LogP contribution in [0.2, 0.25) is 0 Å². The fourth-order valence-electron chi connectivity index (χ4n) is 1.86. The Kier molecular flexibility index (Phi) is 4.57. The molecule has 0 spiro atoms. The molecule has 0 aliphatic carbocycles. The minimum atomic E-state index is -3.52. The first-order chi connectivity index (χ1) is 9.47. The van der Waals surface area contributed by atoms with E-state index >= 15 is 0 Å². The van der Waals surface area contributed by atoms with E-state index in [-0.39, 0.29) is 11.4 Å². The van der Waals surface area contributed by atoms with Gasteiger partial charge in [-0.15, -0.1) is 0 Å². The Morgan fingerprint density at radius 1 is 1.20 bits per heavy atom. The van der Waals surface area contributed by atoms with Gasteiger partial charge in [0.15, 0.2) is 5.76 Å². The Labute approximate surface area is 119 Å². The fraction of sp³-hybridized carbons (Fsp3) is 0.357. The van der Waals surface area contributed by atoms with Crippen molar-refractivity contribution in [2.75, 3.05) is 0 Å². The van der Waals surface area contributed by atoms with Crippen molar-refractivity contribution in [3.05, 3.63) is 47.9 Å². The molecule has 5 nitrogen and oxygen atoms in total. The van der Waals surface area contributed by atoms with E-state index in [0.29, 0.717) is 11.7 Å². The molecule has 0 aliphatic heterocycles. The molecular weight excluding hydrogens is 276 g/mol.